The Hall–Kier alpha value is -1.18. The first-order valence-corrected chi connectivity index (χ1v) is 9.72. The lowest BCUT2D eigenvalue weighted by Crippen LogP contribution is -2.34. The van der Waals surface area contributed by atoms with Gasteiger partial charge in [0, 0.05) is 30.4 Å². The average molecular weight is 365 g/mol. The summed E-state index contributed by atoms with van der Waals surface area (Å²) in [4.78, 5) is 5.23. The second kappa shape index (κ2) is 8.96. The number of aliphatic hydroxyl groups is 1. The summed E-state index contributed by atoms with van der Waals surface area (Å²) in [5.74, 6) is 1.33. The van der Waals surface area contributed by atoms with Crippen molar-refractivity contribution < 1.29 is 14.6 Å². The largest absolute Gasteiger partial charge is 0.496 e. The van der Waals surface area contributed by atoms with Crippen molar-refractivity contribution in [1.29, 1.82) is 0 Å². The molecule has 0 bridgehead atoms. The zero-order valence-corrected chi connectivity index (χ0v) is 15.9. The van der Waals surface area contributed by atoms with Crippen LogP contribution in [0.5, 0.6) is 0 Å². The number of hydrogen-bond acceptors (Lipinski definition) is 6. The lowest BCUT2D eigenvalue weighted by Gasteiger charge is -2.29. The van der Waals surface area contributed by atoms with Gasteiger partial charge in [0.05, 0.1) is 13.2 Å². The van der Waals surface area contributed by atoms with Gasteiger partial charge in [0.2, 0.25) is 0 Å². The van der Waals surface area contributed by atoms with E-state index in [0.29, 0.717) is 13.2 Å². The molecule has 0 radical (unpaired) electrons. The highest BCUT2D eigenvalue weighted by molar-refractivity contribution is 7.10. The maximum absolute atomic E-state index is 10.7. The molecule has 6 heteroatoms. The molecule has 25 heavy (non-hydrogen) atoms. The van der Waals surface area contributed by atoms with Crippen molar-refractivity contribution in [3.63, 3.8) is 0 Å². The third-order valence-corrected chi connectivity index (χ3v) is 5.52. The SMILES string of the molecule is CN(C)CCOCC1=CC=C2OCCN(C(O)c3cccs3)CC2C1. The van der Waals surface area contributed by atoms with Crippen LogP contribution >= 0.6 is 11.3 Å². The van der Waals surface area contributed by atoms with E-state index in [0.717, 1.165) is 43.3 Å². The molecule has 2 unspecified atom stereocenters. The minimum absolute atomic E-state index is 0.287. The third kappa shape index (κ3) is 5.15. The van der Waals surface area contributed by atoms with Crippen LogP contribution in [0.15, 0.2) is 41.0 Å². The lowest BCUT2D eigenvalue weighted by atomic mass is 9.92. The van der Waals surface area contributed by atoms with Gasteiger partial charge < -0.3 is 19.5 Å². The van der Waals surface area contributed by atoms with Gasteiger partial charge in [-0.1, -0.05) is 12.1 Å². The van der Waals surface area contributed by atoms with E-state index in [1.807, 2.05) is 17.5 Å². The number of allylic oxidation sites excluding steroid dienone is 2. The van der Waals surface area contributed by atoms with Crippen LogP contribution in [0, 0.1) is 5.92 Å². The van der Waals surface area contributed by atoms with Gasteiger partial charge in [-0.3, -0.25) is 4.90 Å². The molecular weight excluding hydrogens is 336 g/mol. The first-order chi connectivity index (χ1) is 12.1. The normalized spacial score (nSPS) is 22.6. The molecule has 2 heterocycles. The maximum atomic E-state index is 10.7. The Bertz CT molecular complexity index is 598. The molecular formula is C19H28N2O3S. The van der Waals surface area contributed by atoms with E-state index in [2.05, 4.69) is 36.0 Å². The molecule has 5 nitrogen and oxygen atoms in total. The number of aliphatic hydroxyl groups excluding tert-OH is 1. The van der Waals surface area contributed by atoms with Gasteiger partial charge in [0.15, 0.2) is 0 Å². The van der Waals surface area contributed by atoms with E-state index >= 15 is 0 Å². The highest BCUT2D eigenvalue weighted by Crippen LogP contribution is 2.32. The fraction of sp³-hybridized carbons (Fsp3) is 0.579. The highest BCUT2D eigenvalue weighted by atomic mass is 32.1. The van der Waals surface area contributed by atoms with Gasteiger partial charge in [-0.15, -0.1) is 11.3 Å². The van der Waals surface area contributed by atoms with Crippen LogP contribution in [-0.4, -0.2) is 68.5 Å². The van der Waals surface area contributed by atoms with E-state index in [1.165, 1.54) is 5.57 Å². The van der Waals surface area contributed by atoms with Crippen LogP contribution in [0.1, 0.15) is 17.5 Å². The number of thiophene rings is 1. The number of rotatable bonds is 7. The maximum Gasteiger partial charge on any atom is 0.142 e. The predicted octanol–water partition coefficient (Wildman–Crippen LogP) is 2.48. The average Bonchev–Trinajstić information content (AvgIpc) is 3.05. The zero-order chi connectivity index (χ0) is 17.6. The standard InChI is InChI=1S/C19H28N2O3S/c1-20(2)7-9-23-14-15-5-6-17-16(12-15)13-21(8-10-24-17)19(22)18-4-3-11-25-18/h3-6,11,16,19,22H,7-10,12-14H2,1-2H3. The minimum Gasteiger partial charge on any atom is -0.496 e. The van der Waals surface area contributed by atoms with E-state index in [-0.39, 0.29) is 5.92 Å². The molecule has 3 rings (SSSR count). The van der Waals surface area contributed by atoms with Gasteiger partial charge in [0.25, 0.3) is 0 Å². The van der Waals surface area contributed by atoms with Gasteiger partial charge in [-0.25, -0.2) is 0 Å². The highest BCUT2D eigenvalue weighted by Gasteiger charge is 2.30. The predicted molar refractivity (Wildman–Crippen MR) is 100 cm³/mol. The molecule has 1 aliphatic heterocycles. The Kier molecular flexibility index (Phi) is 6.67. The molecule has 138 valence electrons. The van der Waals surface area contributed by atoms with Crippen LogP contribution in [-0.2, 0) is 9.47 Å². The summed E-state index contributed by atoms with van der Waals surface area (Å²) >= 11 is 1.59. The van der Waals surface area contributed by atoms with Crippen LogP contribution < -0.4 is 0 Å². The van der Waals surface area contributed by atoms with Crippen molar-refractivity contribution in [1.82, 2.24) is 9.80 Å². The van der Waals surface area contributed by atoms with Gasteiger partial charge in [-0.05, 0) is 43.6 Å². The Labute approximate surface area is 154 Å². The summed E-state index contributed by atoms with van der Waals surface area (Å²) < 4.78 is 11.7. The topological polar surface area (TPSA) is 45.2 Å². The summed E-state index contributed by atoms with van der Waals surface area (Å²) in [5, 5.41) is 12.7. The quantitative estimate of drug-likeness (QED) is 0.753. The van der Waals surface area contributed by atoms with E-state index in [1.54, 1.807) is 11.3 Å². The molecule has 1 saturated heterocycles. The number of nitrogens with zero attached hydrogens (tertiary/aromatic N) is 2. The Morgan fingerprint density at radius 1 is 1.44 bits per heavy atom. The second-order valence-electron chi connectivity index (χ2n) is 6.88. The smallest absolute Gasteiger partial charge is 0.142 e. The van der Waals surface area contributed by atoms with Crippen molar-refractivity contribution in [2.45, 2.75) is 12.6 Å². The number of hydrogen-bond donors (Lipinski definition) is 1. The van der Waals surface area contributed by atoms with Crippen molar-refractivity contribution in [2.24, 2.45) is 5.92 Å². The molecule has 1 N–H and O–H groups in total. The van der Waals surface area contributed by atoms with Crippen LogP contribution in [0.2, 0.25) is 0 Å². The Balaban J connectivity index is 1.56. The molecule has 1 aromatic heterocycles. The summed E-state index contributed by atoms with van der Waals surface area (Å²) in [7, 11) is 4.10. The van der Waals surface area contributed by atoms with E-state index in [9.17, 15) is 5.11 Å². The van der Waals surface area contributed by atoms with Gasteiger partial charge in [0.1, 0.15) is 18.6 Å². The fourth-order valence-corrected chi connectivity index (χ4v) is 3.94. The molecule has 0 spiro atoms. The zero-order valence-electron chi connectivity index (χ0n) is 15.1. The fourth-order valence-electron chi connectivity index (χ4n) is 3.19. The molecule has 1 aliphatic carbocycles. The molecule has 2 atom stereocenters. The summed E-state index contributed by atoms with van der Waals surface area (Å²) in [6, 6.07) is 3.97. The molecule has 1 aromatic rings. The monoisotopic (exact) mass is 364 g/mol. The van der Waals surface area contributed by atoms with E-state index < -0.39 is 6.23 Å². The van der Waals surface area contributed by atoms with Gasteiger partial charge >= 0.3 is 0 Å². The van der Waals surface area contributed by atoms with E-state index in [4.69, 9.17) is 9.47 Å². The first kappa shape index (κ1) is 18.6. The van der Waals surface area contributed by atoms with Crippen molar-refractivity contribution in [2.75, 3.05) is 53.6 Å². The minimum atomic E-state index is -0.548. The Morgan fingerprint density at radius 2 is 2.32 bits per heavy atom. The summed E-state index contributed by atoms with van der Waals surface area (Å²) in [6.07, 6.45) is 4.60. The summed E-state index contributed by atoms with van der Waals surface area (Å²) in [5.41, 5.74) is 1.29. The second-order valence-corrected chi connectivity index (χ2v) is 7.86. The number of ether oxygens (including phenoxy) is 2. The molecule has 1 fully saturated rings. The van der Waals surface area contributed by atoms with Gasteiger partial charge in [-0.2, -0.15) is 0 Å². The van der Waals surface area contributed by atoms with Crippen molar-refractivity contribution in [3.05, 3.63) is 45.9 Å². The van der Waals surface area contributed by atoms with Crippen LogP contribution in [0.4, 0.5) is 0 Å². The van der Waals surface area contributed by atoms with Crippen molar-refractivity contribution >= 4 is 11.3 Å². The molecule has 0 amide bonds. The van der Waals surface area contributed by atoms with Crippen LogP contribution in [0.25, 0.3) is 0 Å². The van der Waals surface area contributed by atoms with Crippen LogP contribution in [0.3, 0.4) is 0 Å². The summed E-state index contributed by atoms with van der Waals surface area (Å²) in [6.45, 7) is 4.50. The third-order valence-electron chi connectivity index (χ3n) is 4.61. The number of fused-ring (bicyclic) bond motifs is 1. The lowest BCUT2D eigenvalue weighted by molar-refractivity contribution is -0.00103. The van der Waals surface area contributed by atoms with Crippen molar-refractivity contribution in [3.8, 4) is 0 Å². The Morgan fingerprint density at radius 3 is 3.08 bits per heavy atom. The number of likely N-dealkylation sites (N-methyl/N-ethyl adjacent to an activating group) is 1. The first-order valence-electron chi connectivity index (χ1n) is 8.84. The molecule has 0 aromatic carbocycles. The molecule has 0 saturated carbocycles. The molecule has 2 aliphatic rings.